The molecule has 0 unspecified atom stereocenters. The van der Waals surface area contributed by atoms with E-state index >= 15 is 0 Å². The lowest BCUT2D eigenvalue weighted by atomic mass is 10.1. The van der Waals surface area contributed by atoms with Gasteiger partial charge in [-0.15, -0.1) is 0 Å². The van der Waals surface area contributed by atoms with E-state index in [1.165, 1.54) is 7.11 Å². The minimum Gasteiger partial charge on any atom is -0.497 e. The number of amides is 2. The SMILES string of the molecule is COc1ccc(N2C(=O)S/C(=C\c3ccccc3C)C2=O)c(OC)c1. The summed E-state index contributed by atoms with van der Waals surface area (Å²) in [5.74, 6) is 0.628. The summed E-state index contributed by atoms with van der Waals surface area (Å²) in [6.45, 7) is 1.96. The van der Waals surface area contributed by atoms with Gasteiger partial charge in [0, 0.05) is 6.07 Å². The van der Waals surface area contributed by atoms with Gasteiger partial charge in [0.05, 0.1) is 24.8 Å². The number of aryl methyl sites for hydroxylation is 1. The first kappa shape index (κ1) is 17.1. The van der Waals surface area contributed by atoms with Gasteiger partial charge in [-0.05, 0) is 48.0 Å². The molecule has 2 amide bonds. The fraction of sp³-hybridized carbons (Fsp3) is 0.158. The Kier molecular flexibility index (Phi) is 4.81. The lowest BCUT2D eigenvalue weighted by molar-refractivity contribution is -0.113. The van der Waals surface area contributed by atoms with Gasteiger partial charge in [0.2, 0.25) is 0 Å². The summed E-state index contributed by atoms with van der Waals surface area (Å²) < 4.78 is 10.5. The molecule has 2 aromatic rings. The number of carbonyl (C=O) groups excluding carboxylic acids is 2. The molecular formula is C19H17NO4S. The Morgan fingerprint density at radius 3 is 2.48 bits per heavy atom. The van der Waals surface area contributed by atoms with Crippen LogP contribution in [0, 0.1) is 6.92 Å². The van der Waals surface area contributed by atoms with Crippen molar-refractivity contribution in [3.05, 3.63) is 58.5 Å². The molecule has 0 radical (unpaired) electrons. The van der Waals surface area contributed by atoms with Crippen LogP contribution in [0.5, 0.6) is 11.5 Å². The maximum Gasteiger partial charge on any atom is 0.298 e. The van der Waals surface area contributed by atoms with E-state index in [0.29, 0.717) is 22.1 Å². The molecule has 1 heterocycles. The molecule has 0 aromatic heterocycles. The van der Waals surface area contributed by atoms with Crippen LogP contribution in [-0.2, 0) is 4.79 Å². The van der Waals surface area contributed by atoms with E-state index < -0.39 is 0 Å². The van der Waals surface area contributed by atoms with Gasteiger partial charge in [0.15, 0.2) is 0 Å². The lowest BCUT2D eigenvalue weighted by Gasteiger charge is -2.17. The highest BCUT2D eigenvalue weighted by molar-refractivity contribution is 8.19. The van der Waals surface area contributed by atoms with Crippen molar-refractivity contribution in [2.24, 2.45) is 0 Å². The Balaban J connectivity index is 1.99. The summed E-state index contributed by atoms with van der Waals surface area (Å²) in [4.78, 5) is 26.7. The highest BCUT2D eigenvalue weighted by atomic mass is 32.2. The predicted molar refractivity (Wildman–Crippen MR) is 99.2 cm³/mol. The van der Waals surface area contributed by atoms with Crippen LogP contribution in [0.2, 0.25) is 0 Å². The molecule has 5 nitrogen and oxygen atoms in total. The van der Waals surface area contributed by atoms with Crippen LogP contribution < -0.4 is 14.4 Å². The molecule has 2 aromatic carbocycles. The molecule has 0 aliphatic carbocycles. The second-order valence-corrected chi connectivity index (χ2v) is 6.40. The van der Waals surface area contributed by atoms with Gasteiger partial charge in [-0.3, -0.25) is 9.59 Å². The van der Waals surface area contributed by atoms with Gasteiger partial charge in [0.25, 0.3) is 11.1 Å². The first-order valence-electron chi connectivity index (χ1n) is 7.60. The smallest absolute Gasteiger partial charge is 0.298 e. The van der Waals surface area contributed by atoms with E-state index in [1.54, 1.807) is 31.4 Å². The normalized spacial score (nSPS) is 15.8. The van der Waals surface area contributed by atoms with E-state index in [9.17, 15) is 9.59 Å². The van der Waals surface area contributed by atoms with E-state index in [4.69, 9.17) is 9.47 Å². The number of hydrogen-bond donors (Lipinski definition) is 0. The summed E-state index contributed by atoms with van der Waals surface area (Å²) >= 11 is 0.921. The first-order chi connectivity index (χ1) is 12.0. The van der Waals surface area contributed by atoms with Crippen molar-refractivity contribution >= 4 is 34.7 Å². The quantitative estimate of drug-likeness (QED) is 0.767. The molecule has 1 aliphatic rings. The summed E-state index contributed by atoms with van der Waals surface area (Å²) in [5, 5.41) is -0.353. The van der Waals surface area contributed by atoms with Gasteiger partial charge in [-0.25, -0.2) is 4.90 Å². The molecule has 0 N–H and O–H groups in total. The third-order valence-electron chi connectivity index (χ3n) is 3.90. The first-order valence-corrected chi connectivity index (χ1v) is 8.42. The molecule has 25 heavy (non-hydrogen) atoms. The summed E-state index contributed by atoms with van der Waals surface area (Å²) in [5.41, 5.74) is 2.35. The molecule has 128 valence electrons. The van der Waals surface area contributed by atoms with Crippen LogP contribution in [0.1, 0.15) is 11.1 Å². The largest absolute Gasteiger partial charge is 0.497 e. The van der Waals surface area contributed by atoms with Crippen LogP contribution in [-0.4, -0.2) is 25.4 Å². The Labute approximate surface area is 150 Å². The standard InChI is InChI=1S/C19H17NO4S/c1-12-6-4-5-7-13(12)10-17-18(21)20(19(22)25-17)15-9-8-14(23-2)11-16(15)24-3/h4-11H,1-3H3/b17-10-. The highest BCUT2D eigenvalue weighted by Gasteiger charge is 2.37. The van der Waals surface area contributed by atoms with Crippen molar-refractivity contribution in [3.8, 4) is 11.5 Å². The zero-order valence-electron chi connectivity index (χ0n) is 14.1. The Morgan fingerprint density at radius 2 is 1.80 bits per heavy atom. The molecule has 0 spiro atoms. The van der Waals surface area contributed by atoms with Gasteiger partial charge in [0.1, 0.15) is 11.5 Å². The number of nitrogens with zero attached hydrogens (tertiary/aromatic N) is 1. The molecular weight excluding hydrogens is 338 g/mol. The van der Waals surface area contributed by atoms with E-state index in [0.717, 1.165) is 27.8 Å². The third kappa shape index (κ3) is 3.25. The van der Waals surface area contributed by atoms with Crippen molar-refractivity contribution in [1.29, 1.82) is 0 Å². The molecule has 1 saturated heterocycles. The third-order valence-corrected chi connectivity index (χ3v) is 4.77. The number of anilines is 1. The monoisotopic (exact) mass is 355 g/mol. The second kappa shape index (κ2) is 7.03. The fourth-order valence-electron chi connectivity index (χ4n) is 2.54. The Hall–Kier alpha value is -2.73. The fourth-order valence-corrected chi connectivity index (χ4v) is 3.36. The molecule has 0 bridgehead atoms. The number of hydrogen-bond acceptors (Lipinski definition) is 5. The van der Waals surface area contributed by atoms with E-state index in [2.05, 4.69) is 0 Å². The second-order valence-electron chi connectivity index (χ2n) is 5.41. The van der Waals surface area contributed by atoms with Crippen LogP contribution in [0.3, 0.4) is 0 Å². The van der Waals surface area contributed by atoms with Gasteiger partial charge < -0.3 is 9.47 Å². The van der Waals surface area contributed by atoms with Crippen LogP contribution in [0.25, 0.3) is 6.08 Å². The minimum absolute atomic E-state index is 0.353. The average molecular weight is 355 g/mol. The molecule has 1 fully saturated rings. The molecule has 3 rings (SSSR count). The van der Waals surface area contributed by atoms with Crippen LogP contribution >= 0.6 is 11.8 Å². The number of carbonyl (C=O) groups is 2. The maximum absolute atomic E-state index is 12.8. The van der Waals surface area contributed by atoms with E-state index in [1.807, 2.05) is 31.2 Å². The number of imide groups is 1. The van der Waals surface area contributed by atoms with Crippen molar-refractivity contribution in [3.63, 3.8) is 0 Å². The highest BCUT2D eigenvalue weighted by Crippen LogP contribution is 2.41. The van der Waals surface area contributed by atoms with Crippen molar-refractivity contribution < 1.29 is 19.1 Å². The topological polar surface area (TPSA) is 55.8 Å². The Morgan fingerprint density at radius 1 is 1.04 bits per heavy atom. The molecule has 1 aliphatic heterocycles. The van der Waals surface area contributed by atoms with Gasteiger partial charge in [-0.2, -0.15) is 0 Å². The number of thioether (sulfide) groups is 1. The minimum atomic E-state index is -0.360. The zero-order chi connectivity index (χ0) is 18.0. The molecule has 0 atom stereocenters. The number of benzene rings is 2. The summed E-state index contributed by atoms with van der Waals surface area (Å²) in [6, 6.07) is 12.7. The number of rotatable bonds is 4. The van der Waals surface area contributed by atoms with E-state index in [-0.39, 0.29) is 11.1 Å². The predicted octanol–water partition coefficient (Wildman–Crippen LogP) is 4.25. The van der Waals surface area contributed by atoms with Gasteiger partial charge in [-0.1, -0.05) is 24.3 Å². The van der Waals surface area contributed by atoms with Crippen molar-refractivity contribution in [2.45, 2.75) is 6.92 Å². The van der Waals surface area contributed by atoms with Gasteiger partial charge >= 0.3 is 0 Å². The van der Waals surface area contributed by atoms with Crippen LogP contribution in [0.15, 0.2) is 47.4 Å². The average Bonchev–Trinajstić information content (AvgIpc) is 2.90. The zero-order valence-corrected chi connectivity index (χ0v) is 14.9. The molecule has 6 heteroatoms. The summed E-state index contributed by atoms with van der Waals surface area (Å²) in [7, 11) is 3.03. The lowest BCUT2D eigenvalue weighted by Crippen LogP contribution is -2.28. The Bertz CT molecular complexity index is 875. The molecule has 0 saturated carbocycles. The maximum atomic E-state index is 12.8. The van der Waals surface area contributed by atoms with Crippen LogP contribution in [0.4, 0.5) is 10.5 Å². The van der Waals surface area contributed by atoms with Crippen molar-refractivity contribution in [2.75, 3.05) is 19.1 Å². The number of ether oxygens (including phenoxy) is 2. The van der Waals surface area contributed by atoms with Crippen molar-refractivity contribution in [1.82, 2.24) is 0 Å². The summed E-state index contributed by atoms with van der Waals surface area (Å²) in [6.07, 6.45) is 1.75. The number of methoxy groups -OCH3 is 2.